The van der Waals surface area contributed by atoms with E-state index in [-0.39, 0.29) is 6.04 Å². The second kappa shape index (κ2) is 5.64. The van der Waals surface area contributed by atoms with Crippen LogP contribution in [0.15, 0.2) is 24.3 Å². The number of aliphatic carboxylic acids is 1. The van der Waals surface area contributed by atoms with Crippen molar-refractivity contribution < 1.29 is 9.90 Å². The molecule has 0 amide bonds. The van der Waals surface area contributed by atoms with Crippen LogP contribution in [0.25, 0.3) is 5.57 Å². The van der Waals surface area contributed by atoms with E-state index in [9.17, 15) is 9.90 Å². The lowest BCUT2D eigenvalue weighted by molar-refractivity contribution is -0.144. The van der Waals surface area contributed by atoms with Gasteiger partial charge in [0, 0.05) is 13.1 Å². The van der Waals surface area contributed by atoms with Gasteiger partial charge in [-0.15, -0.1) is 0 Å². The van der Waals surface area contributed by atoms with Crippen LogP contribution in [-0.2, 0) is 4.79 Å². The van der Waals surface area contributed by atoms with E-state index in [0.717, 1.165) is 32.4 Å². The Hall–Kier alpha value is -1.61. The van der Waals surface area contributed by atoms with E-state index in [1.54, 1.807) is 0 Å². The molecule has 1 saturated carbocycles. The zero-order chi connectivity index (χ0) is 15.0. The SMILES string of the molecule is Cc1cccc(C2=CCN(C(C(=O)O)C3CC3)CC2)c1C. The maximum Gasteiger partial charge on any atom is 0.321 e. The Kier molecular flexibility index (Phi) is 3.85. The van der Waals surface area contributed by atoms with Crippen LogP contribution in [0.4, 0.5) is 0 Å². The predicted molar refractivity (Wildman–Crippen MR) is 84.2 cm³/mol. The molecule has 0 radical (unpaired) electrons. The molecule has 1 aromatic rings. The molecule has 1 aromatic carbocycles. The number of nitrogens with zero attached hydrogens (tertiary/aromatic N) is 1. The summed E-state index contributed by atoms with van der Waals surface area (Å²) in [6, 6.07) is 6.15. The molecule has 3 nitrogen and oxygen atoms in total. The summed E-state index contributed by atoms with van der Waals surface area (Å²) in [5.41, 5.74) is 5.35. The molecule has 1 fully saturated rings. The van der Waals surface area contributed by atoms with Gasteiger partial charge in [-0.05, 0) is 61.3 Å². The molecule has 1 atom stereocenters. The lowest BCUT2D eigenvalue weighted by Crippen LogP contribution is -2.44. The standard InChI is InChI=1S/C18H23NO2/c1-12-4-3-5-16(13(12)2)14-8-10-19(11-9-14)17(18(20)21)15-6-7-15/h3-5,8,15,17H,6-7,9-11H2,1-2H3,(H,20,21). The summed E-state index contributed by atoms with van der Waals surface area (Å²) in [4.78, 5) is 13.6. The van der Waals surface area contributed by atoms with Gasteiger partial charge >= 0.3 is 5.97 Å². The van der Waals surface area contributed by atoms with Gasteiger partial charge in [0.05, 0.1) is 0 Å². The molecule has 1 heterocycles. The first kappa shape index (κ1) is 14.3. The molecule has 2 aliphatic rings. The molecular weight excluding hydrogens is 262 g/mol. The van der Waals surface area contributed by atoms with E-state index in [0.29, 0.717) is 5.92 Å². The molecule has 0 aromatic heterocycles. The number of hydrogen-bond acceptors (Lipinski definition) is 2. The topological polar surface area (TPSA) is 40.5 Å². The van der Waals surface area contributed by atoms with Crippen molar-refractivity contribution in [3.05, 3.63) is 41.0 Å². The maximum atomic E-state index is 11.5. The zero-order valence-corrected chi connectivity index (χ0v) is 12.8. The van der Waals surface area contributed by atoms with Crippen molar-refractivity contribution in [3.8, 4) is 0 Å². The second-order valence-electron chi connectivity index (χ2n) is 6.34. The van der Waals surface area contributed by atoms with Crippen molar-refractivity contribution in [2.45, 2.75) is 39.2 Å². The van der Waals surface area contributed by atoms with Gasteiger partial charge in [0.2, 0.25) is 0 Å². The van der Waals surface area contributed by atoms with Crippen LogP contribution < -0.4 is 0 Å². The number of carboxylic acid groups (broad SMARTS) is 1. The molecule has 1 N–H and O–H groups in total. The Bertz CT molecular complexity index is 587. The Morgan fingerprint density at radius 3 is 2.67 bits per heavy atom. The third-order valence-electron chi connectivity index (χ3n) is 4.91. The number of aryl methyl sites for hydroxylation is 1. The minimum atomic E-state index is -0.652. The zero-order valence-electron chi connectivity index (χ0n) is 12.8. The first-order valence-corrected chi connectivity index (χ1v) is 7.80. The Morgan fingerprint density at radius 2 is 2.10 bits per heavy atom. The lowest BCUT2D eigenvalue weighted by atomic mass is 9.92. The summed E-state index contributed by atoms with van der Waals surface area (Å²) in [6.07, 6.45) is 5.31. The van der Waals surface area contributed by atoms with Crippen LogP contribution in [0.2, 0.25) is 0 Å². The van der Waals surface area contributed by atoms with Gasteiger partial charge in [0.25, 0.3) is 0 Å². The van der Waals surface area contributed by atoms with Crippen LogP contribution in [0.5, 0.6) is 0 Å². The summed E-state index contributed by atoms with van der Waals surface area (Å²) in [5.74, 6) is -0.278. The number of hydrogen-bond donors (Lipinski definition) is 1. The van der Waals surface area contributed by atoms with Crippen LogP contribution in [0.1, 0.15) is 36.0 Å². The molecule has 1 unspecified atom stereocenters. The Balaban J connectivity index is 1.77. The van der Waals surface area contributed by atoms with Gasteiger partial charge < -0.3 is 5.11 Å². The van der Waals surface area contributed by atoms with Gasteiger partial charge in [-0.1, -0.05) is 24.3 Å². The summed E-state index contributed by atoms with van der Waals surface area (Å²) in [6.45, 7) is 5.92. The van der Waals surface area contributed by atoms with Gasteiger partial charge in [-0.25, -0.2) is 0 Å². The summed E-state index contributed by atoms with van der Waals surface area (Å²) < 4.78 is 0. The molecular formula is C18H23NO2. The fourth-order valence-corrected chi connectivity index (χ4v) is 3.35. The highest BCUT2D eigenvalue weighted by Gasteiger charge is 2.40. The van der Waals surface area contributed by atoms with Crippen molar-refractivity contribution in [2.75, 3.05) is 13.1 Å². The lowest BCUT2D eigenvalue weighted by Gasteiger charge is -2.32. The van der Waals surface area contributed by atoms with Crippen molar-refractivity contribution in [2.24, 2.45) is 5.92 Å². The molecule has 1 aliphatic heterocycles. The fraction of sp³-hybridized carbons (Fsp3) is 0.500. The van der Waals surface area contributed by atoms with Crippen LogP contribution >= 0.6 is 0 Å². The normalized spacial score (nSPS) is 21.0. The quantitative estimate of drug-likeness (QED) is 0.923. The Labute approximate surface area is 126 Å². The molecule has 3 heteroatoms. The van der Waals surface area contributed by atoms with E-state index in [1.807, 2.05) is 0 Å². The smallest absolute Gasteiger partial charge is 0.321 e. The highest BCUT2D eigenvalue weighted by molar-refractivity contribution is 5.75. The van der Waals surface area contributed by atoms with Crippen LogP contribution in [0, 0.1) is 19.8 Å². The minimum absolute atomic E-state index is 0.276. The van der Waals surface area contributed by atoms with Crippen molar-refractivity contribution in [1.82, 2.24) is 4.90 Å². The van der Waals surface area contributed by atoms with E-state index in [4.69, 9.17) is 0 Å². The third-order valence-corrected chi connectivity index (χ3v) is 4.91. The van der Waals surface area contributed by atoms with Gasteiger partial charge in [0.15, 0.2) is 0 Å². The monoisotopic (exact) mass is 285 g/mol. The molecule has 1 aliphatic carbocycles. The third kappa shape index (κ3) is 2.88. The van der Waals surface area contributed by atoms with Gasteiger partial charge in [-0.2, -0.15) is 0 Å². The number of rotatable bonds is 4. The first-order chi connectivity index (χ1) is 10.1. The average molecular weight is 285 g/mol. The Morgan fingerprint density at radius 1 is 1.33 bits per heavy atom. The minimum Gasteiger partial charge on any atom is -0.480 e. The fourth-order valence-electron chi connectivity index (χ4n) is 3.35. The van der Waals surface area contributed by atoms with Crippen LogP contribution in [-0.4, -0.2) is 35.1 Å². The van der Waals surface area contributed by atoms with Crippen molar-refractivity contribution >= 4 is 11.5 Å². The molecule has 0 spiro atoms. The molecule has 0 bridgehead atoms. The predicted octanol–water partition coefficient (Wildman–Crippen LogP) is 3.26. The summed E-state index contributed by atoms with van der Waals surface area (Å²) >= 11 is 0. The van der Waals surface area contributed by atoms with E-state index >= 15 is 0 Å². The van der Waals surface area contributed by atoms with E-state index in [1.165, 1.54) is 22.3 Å². The first-order valence-electron chi connectivity index (χ1n) is 7.80. The maximum absolute atomic E-state index is 11.5. The molecule has 21 heavy (non-hydrogen) atoms. The summed E-state index contributed by atoms with van der Waals surface area (Å²) in [7, 11) is 0. The van der Waals surface area contributed by atoms with Crippen molar-refractivity contribution in [3.63, 3.8) is 0 Å². The van der Waals surface area contributed by atoms with Crippen LogP contribution in [0.3, 0.4) is 0 Å². The highest BCUT2D eigenvalue weighted by Crippen LogP contribution is 2.37. The average Bonchev–Trinajstić information content (AvgIpc) is 3.27. The number of carbonyl (C=O) groups is 1. The highest BCUT2D eigenvalue weighted by atomic mass is 16.4. The second-order valence-corrected chi connectivity index (χ2v) is 6.34. The van der Waals surface area contributed by atoms with E-state index < -0.39 is 5.97 Å². The molecule has 112 valence electrons. The molecule has 3 rings (SSSR count). The largest absolute Gasteiger partial charge is 0.480 e. The number of benzene rings is 1. The van der Waals surface area contributed by atoms with E-state index in [2.05, 4.69) is 43.0 Å². The van der Waals surface area contributed by atoms with Gasteiger partial charge in [0.1, 0.15) is 6.04 Å². The van der Waals surface area contributed by atoms with Crippen molar-refractivity contribution in [1.29, 1.82) is 0 Å². The van der Waals surface area contributed by atoms with Gasteiger partial charge in [-0.3, -0.25) is 9.69 Å². The number of carboxylic acids is 1. The summed E-state index contributed by atoms with van der Waals surface area (Å²) in [5, 5.41) is 9.44. The molecule has 0 saturated heterocycles.